The Bertz CT molecular complexity index is 835. The molecule has 1 saturated carbocycles. The van der Waals surface area contributed by atoms with Gasteiger partial charge in [-0.1, -0.05) is 31.0 Å². The number of benzene rings is 1. The van der Waals surface area contributed by atoms with Crippen molar-refractivity contribution >= 4 is 11.9 Å². The van der Waals surface area contributed by atoms with Crippen molar-refractivity contribution in [2.75, 3.05) is 12.3 Å². The second-order valence-electron chi connectivity index (χ2n) is 7.53. The maximum atomic E-state index is 14.5. The predicted octanol–water partition coefficient (Wildman–Crippen LogP) is 4.11. The smallest absolute Gasteiger partial charge is 0.226 e. The fourth-order valence-electron chi connectivity index (χ4n) is 4.44. The van der Waals surface area contributed by atoms with Gasteiger partial charge >= 0.3 is 0 Å². The molecule has 2 fully saturated rings. The molecule has 1 unspecified atom stereocenters. The van der Waals surface area contributed by atoms with Crippen LogP contribution in [-0.2, 0) is 4.79 Å². The topological polar surface area (TPSA) is 72.1 Å². The van der Waals surface area contributed by atoms with Gasteiger partial charge < -0.3 is 10.6 Å². The van der Waals surface area contributed by atoms with E-state index in [1.54, 1.807) is 24.4 Å². The summed E-state index contributed by atoms with van der Waals surface area (Å²) in [7, 11) is 0. The summed E-state index contributed by atoms with van der Waals surface area (Å²) in [6.07, 6.45) is 8.58. The summed E-state index contributed by atoms with van der Waals surface area (Å²) in [5, 5.41) is 0. The summed E-state index contributed by atoms with van der Waals surface area (Å²) in [4.78, 5) is 23.7. The zero-order valence-corrected chi connectivity index (χ0v) is 15.4. The molecule has 142 valence electrons. The normalized spacial score (nSPS) is 20.8. The Balaban J connectivity index is 1.75. The second kappa shape index (κ2) is 7.62. The van der Waals surface area contributed by atoms with Gasteiger partial charge in [-0.05, 0) is 38.2 Å². The summed E-state index contributed by atoms with van der Waals surface area (Å²) in [5.41, 5.74) is 7.61. The van der Waals surface area contributed by atoms with Crippen LogP contribution < -0.4 is 5.73 Å². The molecule has 0 bridgehead atoms. The van der Waals surface area contributed by atoms with E-state index >= 15 is 0 Å². The standard InChI is InChI=1S/C21H25FN4O/c22-17-10-4-3-9-15(17)16-13-24-21(23)25-19(16)18-11-5-6-12-26(18)20(27)14-7-1-2-8-14/h3-4,9-10,13-14,18H,1-2,5-8,11-12H2,(H2,23,24,25). The summed E-state index contributed by atoms with van der Waals surface area (Å²) < 4.78 is 14.5. The largest absolute Gasteiger partial charge is 0.368 e. The van der Waals surface area contributed by atoms with Crippen molar-refractivity contribution in [3.63, 3.8) is 0 Å². The minimum atomic E-state index is -0.323. The molecule has 2 aliphatic rings. The summed E-state index contributed by atoms with van der Waals surface area (Å²) >= 11 is 0. The Morgan fingerprint density at radius 2 is 1.81 bits per heavy atom. The number of carbonyl (C=O) groups excluding carboxylic acids is 1. The highest BCUT2D eigenvalue weighted by Crippen LogP contribution is 2.39. The van der Waals surface area contributed by atoms with Crippen LogP contribution in [0.5, 0.6) is 0 Å². The van der Waals surface area contributed by atoms with Crippen LogP contribution in [0, 0.1) is 11.7 Å². The lowest BCUT2D eigenvalue weighted by atomic mass is 9.92. The number of amides is 1. The van der Waals surface area contributed by atoms with Crippen LogP contribution in [0.15, 0.2) is 30.5 Å². The van der Waals surface area contributed by atoms with E-state index in [0.29, 0.717) is 16.8 Å². The Hall–Kier alpha value is -2.50. The lowest BCUT2D eigenvalue weighted by Crippen LogP contribution is -2.42. The number of nitrogens with zero attached hydrogens (tertiary/aromatic N) is 3. The molecule has 6 heteroatoms. The molecule has 1 aromatic heterocycles. The number of rotatable bonds is 3. The van der Waals surface area contributed by atoms with Crippen LogP contribution in [0.4, 0.5) is 10.3 Å². The van der Waals surface area contributed by atoms with Gasteiger partial charge in [-0.2, -0.15) is 0 Å². The zero-order valence-electron chi connectivity index (χ0n) is 15.4. The number of anilines is 1. The van der Waals surface area contributed by atoms with E-state index in [1.807, 2.05) is 4.90 Å². The molecule has 1 aromatic carbocycles. The van der Waals surface area contributed by atoms with Crippen LogP contribution in [-0.4, -0.2) is 27.3 Å². The van der Waals surface area contributed by atoms with Crippen LogP contribution in [0.25, 0.3) is 11.1 Å². The lowest BCUT2D eigenvalue weighted by molar-refractivity contribution is -0.139. The Morgan fingerprint density at radius 3 is 2.59 bits per heavy atom. The molecular weight excluding hydrogens is 343 g/mol. The number of halogens is 1. The van der Waals surface area contributed by atoms with Crippen LogP contribution in [0.2, 0.25) is 0 Å². The molecule has 27 heavy (non-hydrogen) atoms. The molecule has 2 N–H and O–H groups in total. The molecule has 1 atom stereocenters. The maximum Gasteiger partial charge on any atom is 0.226 e. The number of piperidine rings is 1. The Kier molecular flexibility index (Phi) is 5.05. The number of hydrogen-bond donors (Lipinski definition) is 1. The van der Waals surface area contributed by atoms with Crippen molar-refractivity contribution in [1.29, 1.82) is 0 Å². The van der Waals surface area contributed by atoms with Crippen LogP contribution >= 0.6 is 0 Å². The van der Waals surface area contributed by atoms with E-state index in [2.05, 4.69) is 9.97 Å². The predicted molar refractivity (Wildman–Crippen MR) is 102 cm³/mol. The van der Waals surface area contributed by atoms with Crippen molar-refractivity contribution in [2.24, 2.45) is 5.92 Å². The molecule has 1 amide bonds. The third-order valence-electron chi connectivity index (χ3n) is 5.81. The average Bonchev–Trinajstić information content (AvgIpc) is 3.23. The average molecular weight is 368 g/mol. The first-order valence-corrected chi connectivity index (χ1v) is 9.83. The molecule has 1 aliphatic carbocycles. The quantitative estimate of drug-likeness (QED) is 0.885. The molecular formula is C21H25FN4O. The van der Waals surface area contributed by atoms with Gasteiger partial charge in [0, 0.05) is 29.8 Å². The Morgan fingerprint density at radius 1 is 1.07 bits per heavy atom. The fourth-order valence-corrected chi connectivity index (χ4v) is 4.44. The fraction of sp³-hybridized carbons (Fsp3) is 0.476. The molecule has 1 saturated heterocycles. The summed E-state index contributed by atoms with van der Waals surface area (Å²) in [6, 6.07) is 6.43. The van der Waals surface area contributed by atoms with Crippen molar-refractivity contribution < 1.29 is 9.18 Å². The molecule has 0 spiro atoms. The van der Waals surface area contributed by atoms with Gasteiger partial charge in [-0.25, -0.2) is 14.4 Å². The number of nitrogen functional groups attached to an aromatic ring is 1. The monoisotopic (exact) mass is 368 g/mol. The molecule has 2 aromatic rings. The minimum Gasteiger partial charge on any atom is -0.368 e. The van der Waals surface area contributed by atoms with Gasteiger partial charge in [-0.15, -0.1) is 0 Å². The van der Waals surface area contributed by atoms with Crippen molar-refractivity contribution in [1.82, 2.24) is 14.9 Å². The van der Waals surface area contributed by atoms with Gasteiger partial charge in [0.25, 0.3) is 0 Å². The van der Waals surface area contributed by atoms with Crippen molar-refractivity contribution in [2.45, 2.75) is 51.0 Å². The number of carbonyl (C=O) groups is 1. The lowest BCUT2D eigenvalue weighted by Gasteiger charge is -2.37. The number of nitrogens with two attached hydrogens (primary N) is 1. The highest BCUT2D eigenvalue weighted by molar-refractivity contribution is 5.80. The van der Waals surface area contributed by atoms with E-state index in [9.17, 15) is 9.18 Å². The first-order chi connectivity index (χ1) is 13.1. The minimum absolute atomic E-state index is 0.113. The summed E-state index contributed by atoms with van der Waals surface area (Å²) in [6.45, 7) is 0.723. The zero-order chi connectivity index (χ0) is 18.8. The van der Waals surface area contributed by atoms with Gasteiger partial charge in [0.2, 0.25) is 11.9 Å². The van der Waals surface area contributed by atoms with E-state index < -0.39 is 0 Å². The molecule has 2 heterocycles. The van der Waals surface area contributed by atoms with E-state index in [4.69, 9.17) is 5.73 Å². The molecule has 0 radical (unpaired) electrons. The first-order valence-electron chi connectivity index (χ1n) is 9.83. The van der Waals surface area contributed by atoms with Gasteiger partial charge in [0.15, 0.2) is 0 Å². The highest BCUT2D eigenvalue weighted by Gasteiger charge is 2.35. The van der Waals surface area contributed by atoms with E-state index in [0.717, 1.165) is 51.5 Å². The highest BCUT2D eigenvalue weighted by atomic mass is 19.1. The summed E-state index contributed by atoms with van der Waals surface area (Å²) in [5.74, 6) is 0.163. The number of likely N-dealkylation sites (tertiary alicyclic amines) is 1. The first kappa shape index (κ1) is 17.9. The SMILES string of the molecule is Nc1ncc(-c2ccccc2F)c(C2CCCCN2C(=O)C2CCCC2)n1. The van der Waals surface area contributed by atoms with Crippen molar-refractivity contribution in [3.05, 3.63) is 42.0 Å². The van der Waals surface area contributed by atoms with Crippen molar-refractivity contribution in [3.8, 4) is 11.1 Å². The molecule has 4 rings (SSSR count). The number of aromatic nitrogens is 2. The van der Waals surface area contributed by atoms with Crippen LogP contribution in [0.1, 0.15) is 56.7 Å². The molecule has 1 aliphatic heterocycles. The molecule has 5 nitrogen and oxygen atoms in total. The third kappa shape index (κ3) is 3.53. The number of hydrogen-bond acceptors (Lipinski definition) is 4. The third-order valence-corrected chi connectivity index (χ3v) is 5.81. The maximum absolute atomic E-state index is 14.5. The van der Waals surface area contributed by atoms with E-state index in [1.165, 1.54) is 6.07 Å². The van der Waals surface area contributed by atoms with Gasteiger partial charge in [-0.3, -0.25) is 4.79 Å². The Labute approximate surface area is 158 Å². The van der Waals surface area contributed by atoms with Gasteiger partial charge in [0.05, 0.1) is 11.7 Å². The van der Waals surface area contributed by atoms with Crippen LogP contribution in [0.3, 0.4) is 0 Å². The second-order valence-corrected chi connectivity index (χ2v) is 7.53. The van der Waals surface area contributed by atoms with Gasteiger partial charge in [0.1, 0.15) is 5.82 Å². The van der Waals surface area contributed by atoms with E-state index in [-0.39, 0.29) is 29.6 Å².